The number of hydrogen-bond acceptors (Lipinski definition) is 5. The zero-order chi connectivity index (χ0) is 16.5. The van der Waals surface area contributed by atoms with Gasteiger partial charge in [-0.1, -0.05) is 20.8 Å². The van der Waals surface area contributed by atoms with Gasteiger partial charge in [0.2, 0.25) is 0 Å². The van der Waals surface area contributed by atoms with E-state index >= 15 is 0 Å². The lowest BCUT2D eigenvalue weighted by Crippen LogP contribution is -2.41. The molecule has 0 amide bonds. The Labute approximate surface area is 137 Å². The lowest BCUT2D eigenvalue weighted by atomic mass is 9.92. The maximum Gasteiger partial charge on any atom is 0.152 e. The van der Waals surface area contributed by atoms with Crippen molar-refractivity contribution in [2.45, 2.75) is 44.6 Å². The molecule has 2 aromatic heterocycles. The van der Waals surface area contributed by atoms with Crippen molar-refractivity contribution in [3.8, 4) is 0 Å². The molecule has 0 aromatic carbocycles. The monoisotopic (exact) mass is 318 g/mol. The summed E-state index contributed by atoms with van der Waals surface area (Å²) < 4.78 is 13.2. The summed E-state index contributed by atoms with van der Waals surface area (Å²) in [5.74, 6) is 0.835. The molecule has 6 nitrogen and oxygen atoms in total. The third-order valence-electron chi connectivity index (χ3n) is 4.33. The highest BCUT2D eigenvalue weighted by atomic mass is 16.5. The minimum absolute atomic E-state index is 0.00905. The number of methoxy groups -OCH3 is 1. The lowest BCUT2D eigenvalue weighted by molar-refractivity contribution is -0.0417. The van der Waals surface area contributed by atoms with Crippen LogP contribution in [0.15, 0.2) is 18.5 Å². The van der Waals surface area contributed by atoms with Gasteiger partial charge in [0, 0.05) is 38.1 Å². The first kappa shape index (κ1) is 16.2. The van der Waals surface area contributed by atoms with Crippen molar-refractivity contribution in [1.82, 2.24) is 14.6 Å². The van der Waals surface area contributed by atoms with E-state index in [-0.39, 0.29) is 11.0 Å². The first-order valence-corrected chi connectivity index (χ1v) is 8.15. The van der Waals surface area contributed by atoms with Gasteiger partial charge in [-0.15, -0.1) is 0 Å². The molecule has 1 aliphatic rings. The molecule has 0 saturated carbocycles. The number of ether oxygens (including phenoxy) is 2. The summed E-state index contributed by atoms with van der Waals surface area (Å²) in [7, 11) is 1.72. The van der Waals surface area contributed by atoms with E-state index in [0.717, 1.165) is 36.5 Å². The average Bonchev–Trinajstić information content (AvgIpc) is 3.12. The van der Waals surface area contributed by atoms with Crippen LogP contribution in [0.5, 0.6) is 0 Å². The first-order chi connectivity index (χ1) is 10.9. The number of fused-ring (bicyclic) bond motifs is 1. The van der Waals surface area contributed by atoms with Gasteiger partial charge < -0.3 is 14.8 Å². The maximum atomic E-state index is 5.94. The van der Waals surface area contributed by atoms with E-state index in [0.29, 0.717) is 13.2 Å². The van der Waals surface area contributed by atoms with Crippen molar-refractivity contribution in [3.05, 3.63) is 24.2 Å². The van der Waals surface area contributed by atoms with Crippen LogP contribution in [-0.2, 0) is 14.9 Å². The topological polar surface area (TPSA) is 60.7 Å². The number of rotatable bonds is 5. The molecule has 0 bridgehead atoms. The molecule has 1 fully saturated rings. The predicted molar refractivity (Wildman–Crippen MR) is 90.0 cm³/mol. The van der Waals surface area contributed by atoms with E-state index < -0.39 is 0 Å². The van der Waals surface area contributed by atoms with Crippen molar-refractivity contribution in [1.29, 1.82) is 0 Å². The zero-order valence-corrected chi connectivity index (χ0v) is 14.4. The van der Waals surface area contributed by atoms with Gasteiger partial charge >= 0.3 is 0 Å². The second kappa shape index (κ2) is 6.09. The Morgan fingerprint density at radius 3 is 2.91 bits per heavy atom. The lowest BCUT2D eigenvalue weighted by Gasteiger charge is -2.28. The van der Waals surface area contributed by atoms with E-state index in [4.69, 9.17) is 9.47 Å². The number of nitrogens with zero attached hydrogens (tertiary/aromatic N) is 3. The van der Waals surface area contributed by atoms with Crippen molar-refractivity contribution in [2.75, 3.05) is 32.2 Å². The minimum atomic E-state index is -0.254. The fourth-order valence-corrected chi connectivity index (χ4v) is 2.99. The van der Waals surface area contributed by atoms with Crippen molar-refractivity contribution in [3.63, 3.8) is 0 Å². The molecule has 23 heavy (non-hydrogen) atoms. The van der Waals surface area contributed by atoms with E-state index in [2.05, 4.69) is 42.2 Å². The normalized spacial score (nSPS) is 21.9. The van der Waals surface area contributed by atoms with Gasteiger partial charge in [0.1, 0.15) is 11.1 Å². The summed E-state index contributed by atoms with van der Waals surface area (Å²) in [6, 6.07) is 2.10. The second-order valence-corrected chi connectivity index (χ2v) is 7.31. The molecule has 0 aliphatic carbocycles. The van der Waals surface area contributed by atoms with Crippen LogP contribution in [0.3, 0.4) is 0 Å². The molecule has 0 spiro atoms. The van der Waals surface area contributed by atoms with E-state index in [1.807, 2.05) is 10.7 Å². The third-order valence-corrected chi connectivity index (χ3v) is 4.33. The summed E-state index contributed by atoms with van der Waals surface area (Å²) in [5.41, 5.74) is 1.80. The van der Waals surface area contributed by atoms with Gasteiger partial charge in [-0.25, -0.2) is 9.50 Å². The zero-order valence-electron chi connectivity index (χ0n) is 14.4. The summed E-state index contributed by atoms with van der Waals surface area (Å²) >= 11 is 0. The molecule has 3 heterocycles. The fourth-order valence-electron chi connectivity index (χ4n) is 2.99. The van der Waals surface area contributed by atoms with Gasteiger partial charge in [0.15, 0.2) is 5.82 Å². The summed E-state index contributed by atoms with van der Waals surface area (Å²) in [6.45, 7) is 8.56. The van der Waals surface area contributed by atoms with Crippen LogP contribution in [-0.4, -0.2) is 47.1 Å². The summed E-state index contributed by atoms with van der Waals surface area (Å²) in [6.07, 6.45) is 5.73. The molecule has 2 aromatic rings. The Hall–Kier alpha value is -1.66. The summed E-state index contributed by atoms with van der Waals surface area (Å²) in [5, 5.41) is 8.10. The molecular weight excluding hydrogens is 292 g/mol. The fraction of sp³-hybridized carbons (Fsp3) is 0.647. The third kappa shape index (κ3) is 3.33. The van der Waals surface area contributed by atoms with E-state index in [9.17, 15) is 0 Å². The first-order valence-electron chi connectivity index (χ1n) is 8.15. The highest BCUT2D eigenvalue weighted by Gasteiger charge is 2.35. The molecule has 1 aliphatic heterocycles. The Morgan fingerprint density at radius 1 is 1.43 bits per heavy atom. The average molecular weight is 318 g/mol. The Bertz CT molecular complexity index is 669. The molecular formula is C17H26N4O2. The molecule has 1 unspecified atom stereocenters. The highest BCUT2D eigenvalue weighted by Crippen LogP contribution is 2.28. The van der Waals surface area contributed by atoms with Crippen molar-refractivity contribution in [2.24, 2.45) is 0 Å². The summed E-state index contributed by atoms with van der Waals surface area (Å²) in [4.78, 5) is 4.49. The van der Waals surface area contributed by atoms with Crippen LogP contribution < -0.4 is 5.32 Å². The van der Waals surface area contributed by atoms with Gasteiger partial charge in [0.05, 0.1) is 12.3 Å². The smallest absolute Gasteiger partial charge is 0.152 e. The van der Waals surface area contributed by atoms with Crippen LogP contribution in [0.4, 0.5) is 5.82 Å². The molecule has 1 saturated heterocycles. The van der Waals surface area contributed by atoms with Crippen LogP contribution in [0.2, 0.25) is 0 Å². The van der Waals surface area contributed by atoms with Crippen LogP contribution in [0.25, 0.3) is 5.52 Å². The van der Waals surface area contributed by atoms with Gasteiger partial charge in [0.25, 0.3) is 0 Å². The maximum absolute atomic E-state index is 5.94. The van der Waals surface area contributed by atoms with Gasteiger partial charge in [-0.3, -0.25) is 0 Å². The van der Waals surface area contributed by atoms with E-state index in [1.165, 1.54) is 0 Å². The Kier molecular flexibility index (Phi) is 4.29. The molecule has 1 N–H and O–H groups in total. The number of hydrogen-bond donors (Lipinski definition) is 1. The highest BCUT2D eigenvalue weighted by molar-refractivity contribution is 5.68. The van der Waals surface area contributed by atoms with E-state index in [1.54, 1.807) is 13.3 Å². The largest absolute Gasteiger partial charge is 0.382 e. The van der Waals surface area contributed by atoms with Crippen molar-refractivity contribution >= 4 is 11.3 Å². The Balaban J connectivity index is 1.84. The molecule has 3 rings (SSSR count). The van der Waals surface area contributed by atoms with Crippen molar-refractivity contribution < 1.29 is 9.47 Å². The minimum Gasteiger partial charge on any atom is -0.382 e. The standard InChI is InChI=1S/C17H26N4O2/c1-16(2,3)14-10-13-15(18-7-8-21(13)20-14)19-11-17(12-22-4)6-5-9-23-17/h7-8,10H,5-6,9,11-12H2,1-4H3,(H,18,19). The van der Waals surface area contributed by atoms with Gasteiger partial charge in [-0.05, 0) is 18.9 Å². The number of anilines is 1. The van der Waals surface area contributed by atoms with Gasteiger partial charge in [-0.2, -0.15) is 5.10 Å². The number of nitrogens with one attached hydrogen (secondary N) is 1. The van der Waals surface area contributed by atoms with Crippen LogP contribution in [0, 0.1) is 0 Å². The Morgan fingerprint density at radius 2 is 2.26 bits per heavy atom. The SMILES string of the molecule is COCC1(CNc2nccn3nc(C(C)(C)C)cc23)CCCO1. The molecule has 1 atom stereocenters. The predicted octanol–water partition coefficient (Wildman–Crippen LogP) is 2.63. The van der Waals surface area contributed by atoms with Crippen LogP contribution in [0.1, 0.15) is 39.3 Å². The molecule has 6 heteroatoms. The molecule has 0 radical (unpaired) electrons. The second-order valence-electron chi connectivity index (χ2n) is 7.31. The number of aromatic nitrogens is 3. The van der Waals surface area contributed by atoms with Crippen LogP contribution >= 0.6 is 0 Å². The quantitative estimate of drug-likeness (QED) is 0.918. The molecule has 126 valence electrons.